The summed E-state index contributed by atoms with van der Waals surface area (Å²) < 4.78 is 3.61. The largest absolute Gasteiger partial charge is 0.368 e. The molecule has 8 heteroatoms. The standard InChI is InChI=1S/C31H32N6O2/c1-22-12-13-23(2)27(20-22)34-16-18-35(19-17-34)29(38)15-14-28-32-33-31-36(21-24-8-4-3-5-9-24)30(39)25-10-6-7-11-26(25)37(28)31/h3-13,20H,14-19,21H2,1-2H3. The molecule has 3 heterocycles. The Hall–Kier alpha value is -4.46. The summed E-state index contributed by atoms with van der Waals surface area (Å²) in [7, 11) is 0. The quantitative estimate of drug-likeness (QED) is 0.339. The Balaban J connectivity index is 1.22. The topological polar surface area (TPSA) is 75.7 Å². The average Bonchev–Trinajstić information content (AvgIpc) is 3.40. The van der Waals surface area contributed by atoms with Gasteiger partial charge in [-0.25, -0.2) is 0 Å². The van der Waals surface area contributed by atoms with Gasteiger partial charge in [-0.05, 0) is 48.7 Å². The normalized spacial score (nSPS) is 13.9. The first kappa shape index (κ1) is 24.9. The van der Waals surface area contributed by atoms with E-state index in [9.17, 15) is 9.59 Å². The molecule has 2 aromatic heterocycles. The predicted molar refractivity (Wildman–Crippen MR) is 153 cm³/mol. The van der Waals surface area contributed by atoms with Crippen LogP contribution in [0.1, 0.15) is 28.9 Å². The third-order valence-electron chi connectivity index (χ3n) is 7.66. The van der Waals surface area contributed by atoms with Gasteiger partial charge in [0.1, 0.15) is 5.82 Å². The van der Waals surface area contributed by atoms with Crippen molar-refractivity contribution >= 4 is 28.3 Å². The van der Waals surface area contributed by atoms with Crippen molar-refractivity contribution in [2.24, 2.45) is 0 Å². The van der Waals surface area contributed by atoms with Crippen LogP contribution in [0.2, 0.25) is 0 Å². The minimum absolute atomic E-state index is 0.0984. The maximum absolute atomic E-state index is 13.4. The molecule has 1 aliphatic heterocycles. The Bertz CT molecular complexity index is 1710. The van der Waals surface area contributed by atoms with Crippen LogP contribution in [0.25, 0.3) is 16.7 Å². The minimum atomic E-state index is -0.0984. The summed E-state index contributed by atoms with van der Waals surface area (Å²) in [6, 6.07) is 23.9. The van der Waals surface area contributed by atoms with Gasteiger partial charge in [0.2, 0.25) is 11.7 Å². The number of para-hydroxylation sites is 1. The van der Waals surface area contributed by atoms with Crippen LogP contribution in [-0.4, -0.2) is 56.2 Å². The molecule has 5 aromatic rings. The number of carbonyl (C=O) groups is 1. The monoisotopic (exact) mass is 520 g/mol. The van der Waals surface area contributed by atoms with Crippen LogP contribution in [-0.2, 0) is 17.8 Å². The highest BCUT2D eigenvalue weighted by Crippen LogP contribution is 2.23. The number of hydrogen-bond acceptors (Lipinski definition) is 5. The predicted octanol–water partition coefficient (Wildman–Crippen LogP) is 3.99. The molecule has 0 aliphatic carbocycles. The highest BCUT2D eigenvalue weighted by Gasteiger charge is 2.23. The fourth-order valence-corrected chi connectivity index (χ4v) is 5.52. The number of nitrogens with zero attached hydrogens (tertiary/aromatic N) is 6. The molecule has 0 saturated carbocycles. The van der Waals surface area contributed by atoms with E-state index < -0.39 is 0 Å². The van der Waals surface area contributed by atoms with Crippen molar-refractivity contribution < 1.29 is 4.79 Å². The molecule has 1 amide bonds. The van der Waals surface area contributed by atoms with Crippen LogP contribution in [0.3, 0.4) is 0 Å². The van der Waals surface area contributed by atoms with E-state index in [2.05, 4.69) is 47.1 Å². The fourth-order valence-electron chi connectivity index (χ4n) is 5.52. The third kappa shape index (κ3) is 4.78. The zero-order valence-electron chi connectivity index (χ0n) is 22.4. The number of aryl methyl sites for hydroxylation is 3. The van der Waals surface area contributed by atoms with Gasteiger partial charge in [0.15, 0.2) is 0 Å². The van der Waals surface area contributed by atoms with E-state index in [0.717, 1.165) is 24.2 Å². The Morgan fingerprint density at radius 3 is 2.41 bits per heavy atom. The molecular formula is C31H32N6O2. The lowest BCUT2D eigenvalue weighted by atomic mass is 10.1. The van der Waals surface area contributed by atoms with E-state index in [0.29, 0.717) is 49.5 Å². The van der Waals surface area contributed by atoms with E-state index in [1.807, 2.05) is 63.9 Å². The van der Waals surface area contributed by atoms with Gasteiger partial charge in [-0.1, -0.05) is 54.6 Å². The summed E-state index contributed by atoms with van der Waals surface area (Å²) in [6.45, 7) is 7.69. The van der Waals surface area contributed by atoms with Crippen molar-refractivity contribution in [3.63, 3.8) is 0 Å². The Kier molecular flexibility index (Phi) is 6.60. The highest BCUT2D eigenvalue weighted by molar-refractivity contribution is 5.81. The summed E-state index contributed by atoms with van der Waals surface area (Å²) in [4.78, 5) is 31.0. The van der Waals surface area contributed by atoms with Gasteiger partial charge in [-0.2, -0.15) is 0 Å². The van der Waals surface area contributed by atoms with Crippen molar-refractivity contribution in [2.45, 2.75) is 33.2 Å². The van der Waals surface area contributed by atoms with Gasteiger partial charge < -0.3 is 9.80 Å². The first-order chi connectivity index (χ1) is 19.0. The highest BCUT2D eigenvalue weighted by atomic mass is 16.2. The lowest BCUT2D eigenvalue weighted by Gasteiger charge is -2.37. The van der Waals surface area contributed by atoms with Gasteiger partial charge >= 0.3 is 0 Å². The molecule has 0 atom stereocenters. The molecule has 0 spiro atoms. The van der Waals surface area contributed by atoms with E-state index >= 15 is 0 Å². The molecule has 3 aromatic carbocycles. The number of hydrogen-bond donors (Lipinski definition) is 0. The third-order valence-corrected chi connectivity index (χ3v) is 7.66. The number of aromatic nitrogens is 4. The number of anilines is 1. The van der Waals surface area contributed by atoms with Crippen LogP contribution in [0.15, 0.2) is 77.6 Å². The maximum Gasteiger partial charge on any atom is 0.263 e. The number of piperazine rings is 1. The lowest BCUT2D eigenvalue weighted by Crippen LogP contribution is -2.49. The second-order valence-corrected chi connectivity index (χ2v) is 10.3. The molecule has 1 aliphatic rings. The molecule has 8 nitrogen and oxygen atoms in total. The number of fused-ring (bicyclic) bond motifs is 3. The Labute approximate surface area is 227 Å². The van der Waals surface area contributed by atoms with Gasteiger partial charge in [-0.3, -0.25) is 18.6 Å². The number of carbonyl (C=O) groups excluding carboxylic acids is 1. The lowest BCUT2D eigenvalue weighted by molar-refractivity contribution is -0.131. The van der Waals surface area contributed by atoms with Crippen molar-refractivity contribution in [1.29, 1.82) is 0 Å². The molecule has 1 fully saturated rings. The van der Waals surface area contributed by atoms with Crippen LogP contribution in [0, 0.1) is 13.8 Å². The van der Waals surface area contributed by atoms with Crippen LogP contribution < -0.4 is 10.5 Å². The molecule has 0 bridgehead atoms. The molecule has 198 valence electrons. The second-order valence-electron chi connectivity index (χ2n) is 10.3. The summed E-state index contributed by atoms with van der Waals surface area (Å²) in [5, 5.41) is 9.48. The van der Waals surface area contributed by atoms with E-state index in [1.54, 1.807) is 4.57 Å². The number of rotatable bonds is 6. The maximum atomic E-state index is 13.4. The van der Waals surface area contributed by atoms with Crippen LogP contribution in [0.4, 0.5) is 5.69 Å². The first-order valence-corrected chi connectivity index (χ1v) is 13.5. The Morgan fingerprint density at radius 2 is 1.62 bits per heavy atom. The van der Waals surface area contributed by atoms with E-state index in [4.69, 9.17) is 0 Å². The molecule has 39 heavy (non-hydrogen) atoms. The van der Waals surface area contributed by atoms with Crippen molar-refractivity contribution in [1.82, 2.24) is 24.1 Å². The fraction of sp³-hybridized carbons (Fsp3) is 0.290. The van der Waals surface area contributed by atoms with Crippen molar-refractivity contribution in [2.75, 3.05) is 31.1 Å². The van der Waals surface area contributed by atoms with Gasteiger partial charge in [0, 0.05) is 44.7 Å². The number of amides is 1. The molecule has 0 N–H and O–H groups in total. The molecule has 0 radical (unpaired) electrons. The second kappa shape index (κ2) is 10.4. The Morgan fingerprint density at radius 1 is 0.872 bits per heavy atom. The van der Waals surface area contributed by atoms with Gasteiger partial charge in [0.05, 0.1) is 17.4 Å². The van der Waals surface area contributed by atoms with E-state index in [-0.39, 0.29) is 11.5 Å². The zero-order chi connectivity index (χ0) is 26.9. The van der Waals surface area contributed by atoms with Gasteiger partial charge in [-0.15, -0.1) is 10.2 Å². The van der Waals surface area contributed by atoms with Crippen LogP contribution in [0.5, 0.6) is 0 Å². The zero-order valence-corrected chi connectivity index (χ0v) is 22.4. The smallest absolute Gasteiger partial charge is 0.263 e. The average molecular weight is 521 g/mol. The molecule has 6 rings (SSSR count). The van der Waals surface area contributed by atoms with Crippen molar-refractivity contribution in [3.05, 3.63) is 106 Å². The van der Waals surface area contributed by atoms with Crippen molar-refractivity contribution in [3.8, 4) is 0 Å². The summed E-state index contributed by atoms with van der Waals surface area (Å²) in [5.41, 5.74) is 5.44. The van der Waals surface area contributed by atoms with Gasteiger partial charge in [0.25, 0.3) is 5.56 Å². The molecule has 1 saturated heterocycles. The summed E-state index contributed by atoms with van der Waals surface area (Å²) >= 11 is 0. The first-order valence-electron chi connectivity index (χ1n) is 13.5. The van der Waals surface area contributed by atoms with E-state index in [1.165, 1.54) is 16.8 Å². The SMILES string of the molecule is Cc1ccc(C)c(N2CCN(C(=O)CCc3nnc4n(Cc5ccccc5)c(=O)c5ccccc5n34)CC2)c1. The number of benzene rings is 3. The van der Waals surface area contributed by atoms with Crippen LogP contribution >= 0.6 is 0 Å². The molecule has 0 unspecified atom stereocenters. The summed E-state index contributed by atoms with van der Waals surface area (Å²) in [6.07, 6.45) is 0.793. The summed E-state index contributed by atoms with van der Waals surface area (Å²) in [5.74, 6) is 1.30. The molecular weight excluding hydrogens is 488 g/mol. The minimum Gasteiger partial charge on any atom is -0.368 e.